The number of nitro benzene ring substituents is 1. The lowest BCUT2D eigenvalue weighted by Gasteiger charge is -2.36. The predicted molar refractivity (Wildman–Crippen MR) is 87.0 cm³/mol. The maximum absolute atomic E-state index is 10.9. The Balaban J connectivity index is 1.60. The molecule has 1 aliphatic rings. The molecule has 0 bridgehead atoms. The summed E-state index contributed by atoms with van der Waals surface area (Å²) in [6, 6.07) is 17.3. The molecule has 0 unspecified atom stereocenters. The van der Waals surface area contributed by atoms with E-state index in [1.165, 1.54) is 11.6 Å². The molecule has 1 fully saturated rings. The van der Waals surface area contributed by atoms with Crippen molar-refractivity contribution in [2.24, 2.45) is 0 Å². The molecule has 0 spiro atoms. The van der Waals surface area contributed by atoms with Crippen LogP contribution in [-0.2, 0) is 6.54 Å². The van der Waals surface area contributed by atoms with Crippen LogP contribution in [0, 0.1) is 10.1 Å². The molecule has 22 heavy (non-hydrogen) atoms. The third kappa shape index (κ3) is 3.43. The molecule has 1 heterocycles. The SMILES string of the molecule is O=[N+]([O-])c1cccc(N2CCN(Cc3ccccc3)CC2)c1. The molecule has 1 aliphatic heterocycles. The van der Waals surface area contributed by atoms with Gasteiger partial charge in [-0.1, -0.05) is 36.4 Å². The van der Waals surface area contributed by atoms with Gasteiger partial charge in [0.1, 0.15) is 0 Å². The van der Waals surface area contributed by atoms with Gasteiger partial charge in [0.2, 0.25) is 0 Å². The molecule has 2 aromatic rings. The number of non-ortho nitro benzene ring substituents is 1. The first-order chi connectivity index (χ1) is 10.7. The summed E-state index contributed by atoms with van der Waals surface area (Å²) in [5.41, 5.74) is 2.42. The van der Waals surface area contributed by atoms with Gasteiger partial charge in [0.15, 0.2) is 0 Å². The zero-order chi connectivity index (χ0) is 15.4. The number of hydrogen-bond acceptors (Lipinski definition) is 4. The summed E-state index contributed by atoms with van der Waals surface area (Å²) < 4.78 is 0. The van der Waals surface area contributed by atoms with E-state index < -0.39 is 0 Å². The van der Waals surface area contributed by atoms with Crippen LogP contribution in [0.25, 0.3) is 0 Å². The Kier molecular flexibility index (Phi) is 4.34. The van der Waals surface area contributed by atoms with Gasteiger partial charge in [-0.15, -0.1) is 0 Å². The minimum Gasteiger partial charge on any atom is -0.369 e. The fourth-order valence-electron chi connectivity index (χ4n) is 2.81. The van der Waals surface area contributed by atoms with E-state index >= 15 is 0 Å². The summed E-state index contributed by atoms with van der Waals surface area (Å²) >= 11 is 0. The van der Waals surface area contributed by atoms with Gasteiger partial charge in [-0.25, -0.2) is 0 Å². The quantitative estimate of drug-likeness (QED) is 0.643. The van der Waals surface area contributed by atoms with E-state index in [0.717, 1.165) is 38.4 Å². The van der Waals surface area contributed by atoms with Crippen LogP contribution in [-0.4, -0.2) is 36.0 Å². The van der Waals surface area contributed by atoms with Crippen LogP contribution in [0.1, 0.15) is 5.56 Å². The average molecular weight is 297 g/mol. The minimum absolute atomic E-state index is 0.157. The first kappa shape index (κ1) is 14.5. The third-order valence-corrected chi connectivity index (χ3v) is 4.03. The van der Waals surface area contributed by atoms with Gasteiger partial charge in [-0.05, 0) is 11.6 Å². The van der Waals surface area contributed by atoms with Crippen molar-refractivity contribution in [1.29, 1.82) is 0 Å². The lowest BCUT2D eigenvalue weighted by Crippen LogP contribution is -2.45. The Morgan fingerprint density at radius 1 is 0.955 bits per heavy atom. The van der Waals surface area contributed by atoms with Crippen LogP contribution in [0.3, 0.4) is 0 Å². The highest BCUT2D eigenvalue weighted by Crippen LogP contribution is 2.22. The molecular weight excluding hydrogens is 278 g/mol. The molecule has 0 N–H and O–H groups in total. The lowest BCUT2D eigenvalue weighted by molar-refractivity contribution is -0.384. The van der Waals surface area contributed by atoms with E-state index in [2.05, 4.69) is 34.1 Å². The van der Waals surface area contributed by atoms with Crippen LogP contribution < -0.4 is 4.90 Å². The fraction of sp³-hybridized carbons (Fsp3) is 0.294. The van der Waals surface area contributed by atoms with E-state index in [1.54, 1.807) is 12.1 Å². The molecule has 2 aromatic carbocycles. The van der Waals surface area contributed by atoms with Crippen molar-refractivity contribution >= 4 is 11.4 Å². The number of nitro groups is 1. The second kappa shape index (κ2) is 6.58. The van der Waals surface area contributed by atoms with Crippen LogP contribution in [0.15, 0.2) is 54.6 Å². The molecule has 5 heteroatoms. The summed E-state index contributed by atoms with van der Waals surface area (Å²) in [6.07, 6.45) is 0. The molecule has 114 valence electrons. The number of benzene rings is 2. The van der Waals surface area contributed by atoms with Crippen molar-refractivity contribution in [3.63, 3.8) is 0 Å². The van der Waals surface area contributed by atoms with Gasteiger partial charge < -0.3 is 4.90 Å². The summed E-state index contributed by atoms with van der Waals surface area (Å²) in [5, 5.41) is 10.9. The van der Waals surface area contributed by atoms with Gasteiger partial charge >= 0.3 is 0 Å². The smallest absolute Gasteiger partial charge is 0.271 e. The van der Waals surface area contributed by atoms with Crippen LogP contribution in [0.4, 0.5) is 11.4 Å². The second-order valence-electron chi connectivity index (χ2n) is 5.53. The third-order valence-electron chi connectivity index (χ3n) is 4.03. The van der Waals surface area contributed by atoms with Gasteiger partial charge in [-0.2, -0.15) is 0 Å². The van der Waals surface area contributed by atoms with E-state index in [4.69, 9.17) is 0 Å². The summed E-state index contributed by atoms with van der Waals surface area (Å²) in [4.78, 5) is 15.2. The number of anilines is 1. The van der Waals surface area contributed by atoms with Crippen LogP contribution >= 0.6 is 0 Å². The molecule has 1 saturated heterocycles. The standard InChI is InChI=1S/C17H19N3O2/c21-20(22)17-8-4-7-16(13-17)19-11-9-18(10-12-19)14-15-5-2-1-3-6-15/h1-8,13H,9-12,14H2. The Labute approximate surface area is 129 Å². The molecule has 0 saturated carbocycles. The molecule has 0 atom stereocenters. The molecule has 5 nitrogen and oxygen atoms in total. The summed E-state index contributed by atoms with van der Waals surface area (Å²) in [6.45, 7) is 4.70. The Morgan fingerprint density at radius 3 is 2.36 bits per heavy atom. The van der Waals surface area contributed by atoms with Crippen molar-refractivity contribution in [2.75, 3.05) is 31.1 Å². The van der Waals surface area contributed by atoms with Crippen LogP contribution in [0.5, 0.6) is 0 Å². The Bertz CT molecular complexity index is 637. The fourth-order valence-corrected chi connectivity index (χ4v) is 2.81. The van der Waals surface area contributed by atoms with Gasteiger partial charge in [-0.3, -0.25) is 15.0 Å². The van der Waals surface area contributed by atoms with Gasteiger partial charge in [0, 0.05) is 50.5 Å². The molecule has 0 amide bonds. The number of hydrogen-bond donors (Lipinski definition) is 0. The maximum Gasteiger partial charge on any atom is 0.271 e. The van der Waals surface area contributed by atoms with E-state index in [9.17, 15) is 10.1 Å². The lowest BCUT2D eigenvalue weighted by atomic mass is 10.2. The topological polar surface area (TPSA) is 49.6 Å². The summed E-state index contributed by atoms with van der Waals surface area (Å²) in [5.74, 6) is 0. The van der Waals surface area contributed by atoms with E-state index in [1.807, 2.05) is 12.1 Å². The summed E-state index contributed by atoms with van der Waals surface area (Å²) in [7, 11) is 0. The van der Waals surface area contributed by atoms with Crippen LogP contribution in [0.2, 0.25) is 0 Å². The molecule has 0 aliphatic carbocycles. The maximum atomic E-state index is 10.9. The van der Waals surface area contributed by atoms with E-state index in [-0.39, 0.29) is 10.6 Å². The van der Waals surface area contributed by atoms with Crippen molar-refractivity contribution in [2.45, 2.75) is 6.54 Å². The molecule has 0 radical (unpaired) electrons. The first-order valence-electron chi connectivity index (χ1n) is 7.48. The number of piperazine rings is 1. The zero-order valence-corrected chi connectivity index (χ0v) is 12.4. The Hall–Kier alpha value is -2.40. The highest BCUT2D eigenvalue weighted by atomic mass is 16.6. The van der Waals surface area contributed by atoms with Crippen molar-refractivity contribution in [3.05, 3.63) is 70.3 Å². The normalized spacial score (nSPS) is 15.7. The average Bonchev–Trinajstić information content (AvgIpc) is 2.56. The monoisotopic (exact) mass is 297 g/mol. The van der Waals surface area contributed by atoms with Crippen molar-refractivity contribution in [3.8, 4) is 0 Å². The largest absolute Gasteiger partial charge is 0.369 e. The molecule has 3 rings (SSSR count). The Morgan fingerprint density at radius 2 is 1.68 bits per heavy atom. The second-order valence-corrected chi connectivity index (χ2v) is 5.53. The van der Waals surface area contributed by atoms with Crippen molar-refractivity contribution < 1.29 is 4.92 Å². The minimum atomic E-state index is -0.338. The van der Waals surface area contributed by atoms with Gasteiger partial charge in [0.25, 0.3) is 5.69 Å². The highest BCUT2D eigenvalue weighted by Gasteiger charge is 2.18. The van der Waals surface area contributed by atoms with Crippen molar-refractivity contribution in [1.82, 2.24) is 4.90 Å². The zero-order valence-electron chi connectivity index (χ0n) is 12.4. The molecular formula is C17H19N3O2. The predicted octanol–water partition coefficient (Wildman–Crippen LogP) is 2.92. The number of nitrogens with zero attached hydrogens (tertiary/aromatic N) is 3. The first-order valence-corrected chi connectivity index (χ1v) is 7.48. The van der Waals surface area contributed by atoms with E-state index in [0.29, 0.717) is 0 Å². The van der Waals surface area contributed by atoms with Gasteiger partial charge in [0.05, 0.1) is 4.92 Å². The molecule has 0 aromatic heterocycles. The highest BCUT2D eigenvalue weighted by molar-refractivity contribution is 5.53. The number of rotatable bonds is 4.